The first-order valence-electron chi connectivity index (χ1n) is 9.88. The van der Waals surface area contributed by atoms with Crippen LogP contribution in [0.25, 0.3) is 11.3 Å². The maximum absolute atomic E-state index is 13.1. The van der Waals surface area contributed by atoms with Gasteiger partial charge in [-0.2, -0.15) is 0 Å². The summed E-state index contributed by atoms with van der Waals surface area (Å²) in [5.41, 5.74) is 2.37. The lowest BCUT2D eigenvalue weighted by atomic mass is 10.2. The topological polar surface area (TPSA) is 71.1 Å². The Morgan fingerprint density at radius 3 is 2.41 bits per heavy atom. The number of rotatable bonds is 7. The lowest BCUT2D eigenvalue weighted by Crippen LogP contribution is -2.14. The van der Waals surface area contributed by atoms with Gasteiger partial charge in [0.05, 0.1) is 22.0 Å². The Hall–Kier alpha value is -2.91. The zero-order valence-corrected chi connectivity index (χ0v) is 20.5. The summed E-state index contributed by atoms with van der Waals surface area (Å²) in [6.07, 6.45) is 0. The first-order valence-corrected chi connectivity index (χ1v) is 12.5. The minimum atomic E-state index is -0.343. The van der Waals surface area contributed by atoms with Crippen LogP contribution in [0.1, 0.15) is 10.4 Å². The molecule has 4 aromatic rings. The second-order valence-corrected chi connectivity index (χ2v) is 9.73. The molecule has 2 N–H and O–H groups in total. The number of thiazole rings is 1. The van der Waals surface area contributed by atoms with E-state index in [0.29, 0.717) is 27.1 Å². The molecule has 0 aliphatic rings. The number of aromatic nitrogens is 1. The van der Waals surface area contributed by atoms with Crippen LogP contribution in [-0.2, 0) is 4.79 Å². The van der Waals surface area contributed by atoms with Gasteiger partial charge in [-0.15, -0.1) is 23.1 Å². The zero-order chi connectivity index (χ0) is 24.1. The minimum absolute atomic E-state index is 0.192. The van der Waals surface area contributed by atoms with Crippen molar-refractivity contribution in [2.45, 2.75) is 4.90 Å². The summed E-state index contributed by atoms with van der Waals surface area (Å²) in [5, 5.41) is 8.56. The quantitative estimate of drug-likeness (QED) is 0.246. The fourth-order valence-corrected chi connectivity index (χ4v) is 4.82. The molecule has 172 valence electrons. The second-order valence-electron chi connectivity index (χ2n) is 6.98. The summed E-state index contributed by atoms with van der Waals surface area (Å²) in [6, 6.07) is 17.8. The molecule has 4 rings (SSSR count). The number of halogens is 3. The van der Waals surface area contributed by atoms with Gasteiger partial charge in [-0.25, -0.2) is 9.37 Å². The van der Waals surface area contributed by atoms with Crippen molar-refractivity contribution in [3.63, 3.8) is 0 Å². The number of hydrogen-bond acceptors (Lipinski definition) is 5. The van der Waals surface area contributed by atoms with Gasteiger partial charge in [0.25, 0.3) is 5.91 Å². The Balaban J connectivity index is 1.28. The Morgan fingerprint density at radius 1 is 0.971 bits per heavy atom. The summed E-state index contributed by atoms with van der Waals surface area (Å²) < 4.78 is 13.1. The van der Waals surface area contributed by atoms with Gasteiger partial charge in [0.1, 0.15) is 5.82 Å². The van der Waals surface area contributed by atoms with E-state index in [1.165, 1.54) is 41.3 Å². The lowest BCUT2D eigenvalue weighted by molar-refractivity contribution is -0.113. The van der Waals surface area contributed by atoms with Crippen molar-refractivity contribution in [1.82, 2.24) is 4.98 Å². The number of anilines is 2. The minimum Gasteiger partial charge on any atom is -0.322 e. The molecule has 0 spiro atoms. The number of thioether (sulfide) groups is 1. The molecular weight excluding hydrogens is 516 g/mol. The van der Waals surface area contributed by atoms with Crippen molar-refractivity contribution in [2.24, 2.45) is 0 Å². The molecule has 3 aromatic carbocycles. The third-order valence-electron chi connectivity index (χ3n) is 4.55. The molecule has 0 aliphatic heterocycles. The smallest absolute Gasteiger partial charge is 0.257 e. The highest BCUT2D eigenvalue weighted by molar-refractivity contribution is 8.00. The Morgan fingerprint density at radius 2 is 1.71 bits per heavy atom. The standard InChI is InChI=1S/C24H16Cl2FN3O2S2/c25-15-3-10-19(20(26)11-15)23(32)28-17-6-8-18(9-7-17)33-13-22(31)30-24-29-21(12-34-24)14-1-4-16(27)5-2-14/h1-12H,13H2,(H,28,32)(H,29,30,31). The summed E-state index contributed by atoms with van der Waals surface area (Å²) in [6.45, 7) is 0. The van der Waals surface area contributed by atoms with Crippen molar-refractivity contribution in [3.8, 4) is 11.3 Å². The summed E-state index contributed by atoms with van der Waals surface area (Å²) in [5.74, 6) is -0.659. The van der Waals surface area contributed by atoms with Gasteiger partial charge in [0, 0.05) is 26.5 Å². The van der Waals surface area contributed by atoms with E-state index < -0.39 is 0 Å². The van der Waals surface area contributed by atoms with E-state index in [4.69, 9.17) is 23.2 Å². The fourth-order valence-electron chi connectivity index (χ4n) is 2.90. The van der Waals surface area contributed by atoms with Crippen LogP contribution in [0.5, 0.6) is 0 Å². The van der Waals surface area contributed by atoms with Gasteiger partial charge < -0.3 is 10.6 Å². The van der Waals surface area contributed by atoms with E-state index >= 15 is 0 Å². The first-order chi connectivity index (χ1) is 16.4. The van der Waals surface area contributed by atoms with Crippen molar-refractivity contribution < 1.29 is 14.0 Å². The summed E-state index contributed by atoms with van der Waals surface area (Å²) in [7, 11) is 0. The molecule has 5 nitrogen and oxygen atoms in total. The highest BCUT2D eigenvalue weighted by Gasteiger charge is 2.12. The molecule has 0 bridgehead atoms. The third-order valence-corrected chi connectivity index (χ3v) is 6.87. The third kappa shape index (κ3) is 6.36. The molecule has 1 heterocycles. The fraction of sp³-hybridized carbons (Fsp3) is 0.0417. The Kier molecular flexibility index (Phi) is 7.84. The number of carbonyl (C=O) groups excluding carboxylic acids is 2. The predicted octanol–water partition coefficient (Wildman–Crippen LogP) is 7.24. The zero-order valence-electron chi connectivity index (χ0n) is 17.3. The largest absolute Gasteiger partial charge is 0.322 e. The van der Waals surface area contributed by atoms with Gasteiger partial charge in [-0.3, -0.25) is 9.59 Å². The van der Waals surface area contributed by atoms with Crippen LogP contribution < -0.4 is 10.6 Å². The highest BCUT2D eigenvalue weighted by Crippen LogP contribution is 2.26. The molecule has 2 amide bonds. The van der Waals surface area contributed by atoms with E-state index in [-0.39, 0.29) is 28.4 Å². The van der Waals surface area contributed by atoms with Crippen LogP contribution in [0.15, 0.2) is 77.0 Å². The molecular formula is C24H16Cl2FN3O2S2. The monoisotopic (exact) mass is 531 g/mol. The number of carbonyl (C=O) groups is 2. The van der Waals surface area contributed by atoms with E-state index in [0.717, 1.165) is 10.5 Å². The van der Waals surface area contributed by atoms with E-state index in [9.17, 15) is 14.0 Å². The SMILES string of the molecule is O=C(CSc1ccc(NC(=O)c2ccc(Cl)cc2Cl)cc1)Nc1nc(-c2ccc(F)cc2)cs1. The first kappa shape index (κ1) is 24.2. The van der Waals surface area contributed by atoms with Crippen molar-refractivity contribution in [2.75, 3.05) is 16.4 Å². The van der Waals surface area contributed by atoms with E-state index in [1.54, 1.807) is 41.8 Å². The predicted molar refractivity (Wildman–Crippen MR) is 138 cm³/mol. The van der Waals surface area contributed by atoms with Crippen LogP contribution in [0, 0.1) is 5.82 Å². The summed E-state index contributed by atoms with van der Waals surface area (Å²) >= 11 is 14.6. The van der Waals surface area contributed by atoms with Crippen LogP contribution in [-0.4, -0.2) is 22.6 Å². The van der Waals surface area contributed by atoms with Gasteiger partial charge in [0.2, 0.25) is 5.91 Å². The normalized spacial score (nSPS) is 10.7. The molecule has 0 unspecified atom stereocenters. The van der Waals surface area contributed by atoms with E-state index in [1.807, 2.05) is 12.1 Å². The van der Waals surface area contributed by atoms with Crippen LogP contribution >= 0.6 is 46.3 Å². The number of hydrogen-bond donors (Lipinski definition) is 2. The van der Waals surface area contributed by atoms with Crippen LogP contribution in [0.4, 0.5) is 15.2 Å². The Labute approximate surface area is 213 Å². The van der Waals surface area contributed by atoms with Crippen molar-refractivity contribution in [3.05, 3.63) is 93.5 Å². The molecule has 0 saturated heterocycles. The van der Waals surface area contributed by atoms with Crippen LogP contribution in [0.2, 0.25) is 10.0 Å². The number of nitrogens with one attached hydrogen (secondary N) is 2. The molecule has 0 radical (unpaired) electrons. The second kappa shape index (κ2) is 11.0. The maximum atomic E-state index is 13.1. The molecule has 0 aliphatic carbocycles. The maximum Gasteiger partial charge on any atom is 0.257 e. The van der Waals surface area contributed by atoms with Crippen LogP contribution in [0.3, 0.4) is 0 Å². The molecule has 0 atom stereocenters. The average Bonchev–Trinajstić information content (AvgIpc) is 3.27. The average molecular weight is 532 g/mol. The van der Waals surface area contributed by atoms with Crippen molar-refractivity contribution in [1.29, 1.82) is 0 Å². The highest BCUT2D eigenvalue weighted by atomic mass is 35.5. The van der Waals surface area contributed by atoms with E-state index in [2.05, 4.69) is 15.6 Å². The van der Waals surface area contributed by atoms with Gasteiger partial charge in [-0.1, -0.05) is 23.2 Å². The van der Waals surface area contributed by atoms with Crippen molar-refractivity contribution >= 4 is 68.9 Å². The van der Waals surface area contributed by atoms with Gasteiger partial charge in [0.15, 0.2) is 5.13 Å². The Bertz CT molecular complexity index is 1330. The molecule has 0 fully saturated rings. The molecule has 0 saturated carbocycles. The van der Waals surface area contributed by atoms with Gasteiger partial charge in [-0.05, 0) is 66.7 Å². The number of amides is 2. The summed E-state index contributed by atoms with van der Waals surface area (Å²) in [4.78, 5) is 30.0. The molecule has 34 heavy (non-hydrogen) atoms. The number of nitrogens with zero attached hydrogens (tertiary/aromatic N) is 1. The lowest BCUT2D eigenvalue weighted by Gasteiger charge is -2.08. The van der Waals surface area contributed by atoms with Gasteiger partial charge >= 0.3 is 0 Å². The molecule has 1 aromatic heterocycles. The molecule has 10 heteroatoms. The number of benzene rings is 3.